The summed E-state index contributed by atoms with van der Waals surface area (Å²) in [5.41, 5.74) is 2.58. The largest absolute Gasteiger partial charge is 0.381 e. The Morgan fingerprint density at radius 3 is 2.74 bits per heavy atom. The second kappa shape index (κ2) is 7.63. The van der Waals surface area contributed by atoms with Gasteiger partial charge in [0.25, 0.3) is 0 Å². The third-order valence-electron chi connectivity index (χ3n) is 3.36. The molecule has 1 aromatic rings. The molecular formula is C16H25NO2. The maximum absolute atomic E-state index is 5.95. The van der Waals surface area contributed by atoms with Crippen LogP contribution >= 0.6 is 0 Å². The average Bonchev–Trinajstić information content (AvgIpc) is 2.44. The van der Waals surface area contributed by atoms with E-state index in [0.717, 1.165) is 32.6 Å². The van der Waals surface area contributed by atoms with E-state index in [9.17, 15) is 0 Å². The Labute approximate surface area is 116 Å². The monoisotopic (exact) mass is 263 g/mol. The quantitative estimate of drug-likeness (QED) is 0.856. The first-order valence-corrected chi connectivity index (χ1v) is 7.24. The highest BCUT2D eigenvalue weighted by atomic mass is 16.5. The maximum Gasteiger partial charge on any atom is 0.0720 e. The zero-order valence-electron chi connectivity index (χ0n) is 12.0. The summed E-state index contributed by atoms with van der Waals surface area (Å²) in [5.74, 6) is 0. The number of hydrogen-bond acceptors (Lipinski definition) is 3. The van der Waals surface area contributed by atoms with Crippen molar-refractivity contribution in [3.63, 3.8) is 0 Å². The summed E-state index contributed by atoms with van der Waals surface area (Å²) in [6.45, 7) is 7.63. The van der Waals surface area contributed by atoms with Crippen LogP contribution in [0.2, 0.25) is 0 Å². The first-order valence-electron chi connectivity index (χ1n) is 7.24. The highest BCUT2D eigenvalue weighted by molar-refractivity contribution is 5.22. The Kier molecular flexibility index (Phi) is 5.83. The Bertz CT molecular complexity index is 373. The van der Waals surface area contributed by atoms with Gasteiger partial charge >= 0.3 is 0 Å². The van der Waals surface area contributed by atoms with Gasteiger partial charge in [-0.2, -0.15) is 0 Å². The van der Waals surface area contributed by atoms with E-state index in [-0.39, 0.29) is 0 Å². The van der Waals surface area contributed by atoms with Crippen molar-refractivity contribution >= 4 is 0 Å². The van der Waals surface area contributed by atoms with Crippen LogP contribution in [-0.2, 0) is 22.6 Å². The predicted octanol–water partition coefficient (Wildman–Crippen LogP) is 2.88. The van der Waals surface area contributed by atoms with Gasteiger partial charge in [-0.15, -0.1) is 0 Å². The molecule has 1 heterocycles. The highest BCUT2D eigenvalue weighted by Crippen LogP contribution is 2.14. The molecule has 3 nitrogen and oxygen atoms in total. The highest BCUT2D eigenvalue weighted by Gasteiger charge is 2.13. The molecule has 0 spiro atoms. The van der Waals surface area contributed by atoms with Crippen LogP contribution in [0.25, 0.3) is 0 Å². The molecule has 0 bridgehead atoms. The SMILES string of the molecule is CC(C)NCc1cccc(COC2CCOCC2)c1. The van der Waals surface area contributed by atoms with Crippen molar-refractivity contribution in [3.8, 4) is 0 Å². The van der Waals surface area contributed by atoms with Crippen molar-refractivity contribution in [1.82, 2.24) is 5.32 Å². The molecule has 2 rings (SSSR count). The number of hydrogen-bond donors (Lipinski definition) is 1. The molecular weight excluding hydrogens is 238 g/mol. The van der Waals surface area contributed by atoms with Crippen molar-refractivity contribution in [1.29, 1.82) is 0 Å². The second-order valence-corrected chi connectivity index (χ2v) is 5.48. The lowest BCUT2D eigenvalue weighted by Crippen LogP contribution is -2.23. The van der Waals surface area contributed by atoms with Crippen molar-refractivity contribution in [2.75, 3.05) is 13.2 Å². The van der Waals surface area contributed by atoms with E-state index < -0.39 is 0 Å². The van der Waals surface area contributed by atoms with E-state index in [1.165, 1.54) is 11.1 Å². The van der Waals surface area contributed by atoms with Gasteiger partial charge in [0.15, 0.2) is 0 Å². The molecule has 3 heteroatoms. The standard InChI is InChI=1S/C16H25NO2/c1-13(2)17-11-14-4-3-5-15(10-14)12-19-16-6-8-18-9-7-16/h3-5,10,13,16-17H,6-9,11-12H2,1-2H3. The lowest BCUT2D eigenvalue weighted by Gasteiger charge is -2.22. The van der Waals surface area contributed by atoms with Crippen LogP contribution < -0.4 is 5.32 Å². The number of benzene rings is 1. The Morgan fingerprint density at radius 1 is 1.26 bits per heavy atom. The van der Waals surface area contributed by atoms with Crippen molar-refractivity contribution in [2.24, 2.45) is 0 Å². The van der Waals surface area contributed by atoms with Crippen LogP contribution in [-0.4, -0.2) is 25.4 Å². The fourth-order valence-corrected chi connectivity index (χ4v) is 2.21. The van der Waals surface area contributed by atoms with Crippen molar-refractivity contribution < 1.29 is 9.47 Å². The number of nitrogens with one attached hydrogen (secondary N) is 1. The molecule has 1 aliphatic rings. The van der Waals surface area contributed by atoms with E-state index in [4.69, 9.17) is 9.47 Å². The maximum atomic E-state index is 5.95. The lowest BCUT2D eigenvalue weighted by atomic mass is 10.1. The van der Waals surface area contributed by atoms with Crippen molar-refractivity contribution in [2.45, 2.75) is 52.0 Å². The molecule has 0 radical (unpaired) electrons. The molecule has 0 unspecified atom stereocenters. The Hall–Kier alpha value is -0.900. The predicted molar refractivity (Wildman–Crippen MR) is 77.0 cm³/mol. The molecule has 106 valence electrons. The zero-order chi connectivity index (χ0) is 13.5. The minimum atomic E-state index is 0.367. The second-order valence-electron chi connectivity index (χ2n) is 5.48. The van der Waals surface area contributed by atoms with Crippen LogP contribution in [0.1, 0.15) is 37.8 Å². The molecule has 0 aliphatic carbocycles. The van der Waals surface area contributed by atoms with E-state index in [0.29, 0.717) is 18.8 Å². The summed E-state index contributed by atoms with van der Waals surface area (Å²) in [7, 11) is 0. The van der Waals surface area contributed by atoms with Crippen molar-refractivity contribution in [3.05, 3.63) is 35.4 Å². The Balaban J connectivity index is 1.80. The minimum absolute atomic E-state index is 0.367. The normalized spacial score (nSPS) is 17.0. The summed E-state index contributed by atoms with van der Waals surface area (Å²) in [4.78, 5) is 0. The van der Waals surface area contributed by atoms with Gasteiger partial charge in [-0.1, -0.05) is 38.1 Å². The smallest absolute Gasteiger partial charge is 0.0720 e. The lowest BCUT2D eigenvalue weighted by molar-refractivity contribution is -0.0390. The summed E-state index contributed by atoms with van der Waals surface area (Å²) in [6, 6.07) is 9.16. The van der Waals surface area contributed by atoms with Gasteiger partial charge < -0.3 is 14.8 Å². The fraction of sp³-hybridized carbons (Fsp3) is 0.625. The van der Waals surface area contributed by atoms with E-state index in [2.05, 4.69) is 43.4 Å². The van der Waals surface area contributed by atoms with Crippen LogP contribution in [0.15, 0.2) is 24.3 Å². The molecule has 0 atom stereocenters. The van der Waals surface area contributed by atoms with E-state index >= 15 is 0 Å². The third-order valence-corrected chi connectivity index (χ3v) is 3.36. The van der Waals surface area contributed by atoms with Gasteiger partial charge in [0, 0.05) is 25.8 Å². The van der Waals surface area contributed by atoms with Crippen LogP contribution in [0.4, 0.5) is 0 Å². The zero-order valence-corrected chi connectivity index (χ0v) is 12.0. The molecule has 1 fully saturated rings. The molecule has 0 aromatic heterocycles. The summed E-state index contributed by atoms with van der Waals surface area (Å²) in [5, 5.41) is 3.44. The number of ether oxygens (including phenoxy) is 2. The summed E-state index contributed by atoms with van der Waals surface area (Å²) in [6.07, 6.45) is 2.41. The van der Waals surface area contributed by atoms with Crippen LogP contribution in [0.5, 0.6) is 0 Å². The van der Waals surface area contributed by atoms with Gasteiger partial charge in [0.2, 0.25) is 0 Å². The topological polar surface area (TPSA) is 30.5 Å². The Morgan fingerprint density at radius 2 is 2.00 bits per heavy atom. The number of rotatable bonds is 6. The first kappa shape index (κ1) is 14.5. The van der Waals surface area contributed by atoms with Gasteiger partial charge in [-0.05, 0) is 24.0 Å². The summed E-state index contributed by atoms with van der Waals surface area (Å²) >= 11 is 0. The van der Waals surface area contributed by atoms with E-state index in [1.54, 1.807) is 0 Å². The van der Waals surface area contributed by atoms with Crippen LogP contribution in [0.3, 0.4) is 0 Å². The van der Waals surface area contributed by atoms with Gasteiger partial charge in [-0.25, -0.2) is 0 Å². The van der Waals surface area contributed by atoms with Gasteiger partial charge in [-0.3, -0.25) is 0 Å². The minimum Gasteiger partial charge on any atom is -0.381 e. The average molecular weight is 263 g/mol. The molecule has 0 saturated carbocycles. The van der Waals surface area contributed by atoms with Gasteiger partial charge in [0.1, 0.15) is 0 Å². The molecule has 0 amide bonds. The summed E-state index contributed by atoms with van der Waals surface area (Å²) < 4.78 is 11.3. The van der Waals surface area contributed by atoms with E-state index in [1.807, 2.05) is 0 Å². The van der Waals surface area contributed by atoms with Crippen LogP contribution in [0, 0.1) is 0 Å². The first-order chi connectivity index (χ1) is 9.24. The third kappa shape index (κ3) is 5.31. The molecule has 19 heavy (non-hydrogen) atoms. The molecule has 1 aliphatic heterocycles. The molecule has 1 saturated heterocycles. The molecule has 1 aromatic carbocycles. The van der Waals surface area contributed by atoms with Gasteiger partial charge in [0.05, 0.1) is 12.7 Å². The molecule has 1 N–H and O–H groups in total. The fourth-order valence-electron chi connectivity index (χ4n) is 2.21.